The monoisotopic (exact) mass is 213 g/mol. The number of amides is 1. The molecule has 0 aromatic rings. The number of hydrogen-bond donors (Lipinski definition) is 2. The van der Waals surface area contributed by atoms with Crippen LogP contribution in [-0.2, 0) is 4.79 Å². The Morgan fingerprint density at radius 3 is 2.67 bits per heavy atom. The zero-order chi connectivity index (χ0) is 11.3. The molecule has 0 saturated heterocycles. The van der Waals surface area contributed by atoms with Crippen molar-refractivity contribution in [1.29, 1.82) is 0 Å². The maximum Gasteiger partial charge on any atom is 0.220 e. The van der Waals surface area contributed by atoms with Crippen molar-refractivity contribution in [1.82, 2.24) is 5.32 Å². The molecule has 2 N–H and O–H groups in total. The van der Waals surface area contributed by atoms with E-state index in [-0.39, 0.29) is 17.9 Å². The summed E-state index contributed by atoms with van der Waals surface area (Å²) in [6.07, 6.45) is 4.91. The lowest BCUT2D eigenvalue weighted by Crippen LogP contribution is -2.34. The average molecular weight is 213 g/mol. The number of aliphatic hydroxyl groups is 1. The first-order valence-corrected chi connectivity index (χ1v) is 5.91. The van der Waals surface area contributed by atoms with Gasteiger partial charge in [-0.05, 0) is 37.0 Å². The first-order valence-electron chi connectivity index (χ1n) is 5.91. The van der Waals surface area contributed by atoms with Crippen LogP contribution in [0.3, 0.4) is 0 Å². The van der Waals surface area contributed by atoms with Crippen molar-refractivity contribution >= 4 is 5.91 Å². The van der Waals surface area contributed by atoms with E-state index >= 15 is 0 Å². The summed E-state index contributed by atoms with van der Waals surface area (Å²) in [6.45, 7) is 5.21. The number of hydrogen-bond acceptors (Lipinski definition) is 2. The second-order valence-electron chi connectivity index (χ2n) is 5.42. The Hall–Kier alpha value is -0.570. The molecule has 1 rings (SSSR count). The first kappa shape index (κ1) is 12.5. The molecule has 0 aromatic heterocycles. The van der Waals surface area contributed by atoms with Gasteiger partial charge < -0.3 is 10.4 Å². The Morgan fingerprint density at radius 2 is 2.13 bits per heavy atom. The predicted octanol–water partition coefficient (Wildman–Crippen LogP) is 1.70. The van der Waals surface area contributed by atoms with E-state index < -0.39 is 0 Å². The van der Waals surface area contributed by atoms with Crippen LogP contribution in [0, 0.1) is 11.3 Å². The molecular weight excluding hydrogens is 190 g/mol. The van der Waals surface area contributed by atoms with E-state index in [1.54, 1.807) is 0 Å². The van der Waals surface area contributed by atoms with Crippen molar-refractivity contribution < 1.29 is 9.90 Å². The summed E-state index contributed by atoms with van der Waals surface area (Å²) in [7, 11) is 0. The zero-order valence-corrected chi connectivity index (χ0v) is 9.88. The number of aliphatic hydroxyl groups excluding tert-OH is 1. The number of rotatable bonds is 7. The van der Waals surface area contributed by atoms with Gasteiger partial charge in [-0.3, -0.25) is 4.79 Å². The molecule has 15 heavy (non-hydrogen) atoms. The average Bonchev–Trinajstić information content (AvgIpc) is 2.96. The molecule has 0 radical (unpaired) electrons. The largest absolute Gasteiger partial charge is 0.396 e. The summed E-state index contributed by atoms with van der Waals surface area (Å²) in [5, 5.41) is 11.7. The van der Waals surface area contributed by atoms with Crippen LogP contribution in [0.4, 0.5) is 0 Å². The van der Waals surface area contributed by atoms with Crippen molar-refractivity contribution in [3.63, 3.8) is 0 Å². The quantitative estimate of drug-likeness (QED) is 0.676. The fourth-order valence-electron chi connectivity index (χ4n) is 1.64. The molecule has 0 aliphatic heterocycles. The van der Waals surface area contributed by atoms with Crippen molar-refractivity contribution in [2.45, 2.75) is 46.0 Å². The minimum Gasteiger partial charge on any atom is -0.396 e. The van der Waals surface area contributed by atoms with Gasteiger partial charge in [0, 0.05) is 19.6 Å². The third-order valence-corrected chi connectivity index (χ3v) is 2.95. The summed E-state index contributed by atoms with van der Waals surface area (Å²) in [5.74, 6) is 0.847. The molecule has 0 spiro atoms. The summed E-state index contributed by atoms with van der Waals surface area (Å²) < 4.78 is 0. The van der Waals surface area contributed by atoms with E-state index in [4.69, 9.17) is 5.11 Å². The molecule has 3 heteroatoms. The molecule has 88 valence electrons. The molecule has 0 heterocycles. The fourth-order valence-corrected chi connectivity index (χ4v) is 1.64. The molecule has 3 nitrogen and oxygen atoms in total. The van der Waals surface area contributed by atoms with Crippen LogP contribution in [0.25, 0.3) is 0 Å². The number of carbonyl (C=O) groups excluding carboxylic acids is 1. The lowest BCUT2D eigenvalue weighted by Gasteiger charge is -2.24. The fraction of sp³-hybridized carbons (Fsp3) is 0.917. The van der Waals surface area contributed by atoms with E-state index in [1.165, 1.54) is 12.8 Å². The third kappa shape index (κ3) is 5.78. The van der Waals surface area contributed by atoms with Gasteiger partial charge >= 0.3 is 0 Å². The standard InChI is InChI=1S/C12H23NO2/c1-12(2,6-3-7-14)9-13-11(15)8-10-4-5-10/h10,14H,3-9H2,1-2H3,(H,13,15). The van der Waals surface area contributed by atoms with Crippen LogP contribution in [0.2, 0.25) is 0 Å². The molecular formula is C12H23NO2. The van der Waals surface area contributed by atoms with Gasteiger partial charge in [0.1, 0.15) is 0 Å². The molecule has 0 unspecified atom stereocenters. The highest BCUT2D eigenvalue weighted by molar-refractivity contribution is 5.76. The van der Waals surface area contributed by atoms with E-state index in [2.05, 4.69) is 19.2 Å². The molecule has 1 saturated carbocycles. The van der Waals surface area contributed by atoms with Gasteiger partial charge in [0.2, 0.25) is 5.91 Å². The lowest BCUT2D eigenvalue weighted by molar-refractivity contribution is -0.121. The second kappa shape index (κ2) is 5.50. The highest BCUT2D eigenvalue weighted by atomic mass is 16.2. The topological polar surface area (TPSA) is 49.3 Å². The molecule has 1 fully saturated rings. The van der Waals surface area contributed by atoms with Gasteiger partial charge in [0.15, 0.2) is 0 Å². The Bertz CT molecular complexity index is 210. The van der Waals surface area contributed by atoms with Crippen molar-refractivity contribution in [3.05, 3.63) is 0 Å². The molecule has 0 atom stereocenters. The van der Waals surface area contributed by atoms with Gasteiger partial charge in [-0.1, -0.05) is 13.8 Å². The van der Waals surface area contributed by atoms with Gasteiger partial charge in [-0.25, -0.2) is 0 Å². The Labute approximate surface area is 92.3 Å². The molecule has 1 amide bonds. The highest BCUT2D eigenvalue weighted by Gasteiger charge is 2.25. The van der Waals surface area contributed by atoms with Crippen molar-refractivity contribution in [3.8, 4) is 0 Å². The molecule has 1 aliphatic carbocycles. The van der Waals surface area contributed by atoms with Crippen LogP contribution in [-0.4, -0.2) is 24.2 Å². The van der Waals surface area contributed by atoms with Gasteiger partial charge in [-0.15, -0.1) is 0 Å². The van der Waals surface area contributed by atoms with E-state index in [0.29, 0.717) is 12.3 Å². The summed E-state index contributed by atoms with van der Waals surface area (Å²) in [5.41, 5.74) is 0.0991. The first-order chi connectivity index (χ1) is 7.03. The molecule has 0 bridgehead atoms. The van der Waals surface area contributed by atoms with E-state index in [9.17, 15) is 4.79 Å². The Balaban J connectivity index is 2.12. The predicted molar refractivity (Wildman–Crippen MR) is 60.5 cm³/mol. The van der Waals surface area contributed by atoms with Crippen LogP contribution in [0.15, 0.2) is 0 Å². The Kier molecular flexibility index (Phi) is 4.58. The van der Waals surface area contributed by atoms with Crippen LogP contribution in [0.1, 0.15) is 46.0 Å². The molecule has 1 aliphatic rings. The van der Waals surface area contributed by atoms with Gasteiger partial charge in [-0.2, -0.15) is 0 Å². The Morgan fingerprint density at radius 1 is 1.47 bits per heavy atom. The normalized spacial score (nSPS) is 16.5. The SMILES string of the molecule is CC(C)(CCCO)CNC(=O)CC1CC1. The second-order valence-corrected chi connectivity index (χ2v) is 5.42. The van der Waals surface area contributed by atoms with Gasteiger partial charge in [0.05, 0.1) is 0 Å². The minimum absolute atomic E-state index is 0.0991. The summed E-state index contributed by atoms with van der Waals surface area (Å²) in [6, 6.07) is 0. The summed E-state index contributed by atoms with van der Waals surface area (Å²) in [4.78, 5) is 11.5. The van der Waals surface area contributed by atoms with Crippen molar-refractivity contribution in [2.24, 2.45) is 11.3 Å². The van der Waals surface area contributed by atoms with E-state index in [0.717, 1.165) is 19.4 Å². The number of carbonyl (C=O) groups is 1. The molecule has 0 aromatic carbocycles. The summed E-state index contributed by atoms with van der Waals surface area (Å²) >= 11 is 0. The van der Waals surface area contributed by atoms with Crippen LogP contribution >= 0.6 is 0 Å². The highest BCUT2D eigenvalue weighted by Crippen LogP contribution is 2.32. The maximum atomic E-state index is 11.5. The lowest BCUT2D eigenvalue weighted by atomic mass is 9.88. The smallest absolute Gasteiger partial charge is 0.220 e. The minimum atomic E-state index is 0.0991. The van der Waals surface area contributed by atoms with E-state index in [1.807, 2.05) is 0 Å². The third-order valence-electron chi connectivity index (χ3n) is 2.95. The maximum absolute atomic E-state index is 11.5. The van der Waals surface area contributed by atoms with Crippen LogP contribution < -0.4 is 5.32 Å². The van der Waals surface area contributed by atoms with Crippen molar-refractivity contribution in [2.75, 3.05) is 13.2 Å². The number of nitrogens with one attached hydrogen (secondary N) is 1. The van der Waals surface area contributed by atoms with Gasteiger partial charge in [0.25, 0.3) is 0 Å². The van der Waals surface area contributed by atoms with Crippen LogP contribution in [0.5, 0.6) is 0 Å². The zero-order valence-electron chi connectivity index (χ0n) is 9.88.